The van der Waals surface area contributed by atoms with Crippen LogP contribution in [0.3, 0.4) is 0 Å². The Morgan fingerprint density at radius 3 is 2.86 bits per heavy atom. The van der Waals surface area contributed by atoms with E-state index in [0.29, 0.717) is 16.5 Å². The zero-order chi connectivity index (χ0) is 15.2. The Morgan fingerprint density at radius 2 is 2.14 bits per heavy atom. The van der Waals surface area contributed by atoms with Crippen LogP contribution in [0.4, 0.5) is 5.69 Å². The quantitative estimate of drug-likeness (QED) is 0.383. The van der Waals surface area contributed by atoms with Crippen LogP contribution in [-0.4, -0.2) is 14.9 Å². The zero-order valence-corrected chi connectivity index (χ0v) is 12.4. The Balaban J connectivity index is 2.17. The lowest BCUT2D eigenvalue weighted by atomic mass is 10.2. The molecule has 0 bridgehead atoms. The van der Waals surface area contributed by atoms with Crippen molar-refractivity contribution in [2.75, 3.05) is 0 Å². The summed E-state index contributed by atoms with van der Waals surface area (Å²) in [5.74, 6) is 0.385. The van der Waals surface area contributed by atoms with Gasteiger partial charge in [0.15, 0.2) is 5.16 Å². The SMILES string of the molecule is CCCc1cc(=O)[nH]c(SCc2ccccc2[N+](=O)[O-])n1. The number of nitrogens with one attached hydrogen (secondary N) is 1. The number of nitro benzene ring substituents is 1. The monoisotopic (exact) mass is 305 g/mol. The lowest BCUT2D eigenvalue weighted by molar-refractivity contribution is -0.385. The van der Waals surface area contributed by atoms with E-state index >= 15 is 0 Å². The van der Waals surface area contributed by atoms with Crippen molar-refractivity contribution < 1.29 is 4.92 Å². The van der Waals surface area contributed by atoms with Crippen LogP contribution in [0.5, 0.6) is 0 Å². The molecule has 6 nitrogen and oxygen atoms in total. The summed E-state index contributed by atoms with van der Waals surface area (Å²) in [5.41, 5.74) is 1.23. The van der Waals surface area contributed by atoms with Crippen molar-refractivity contribution in [2.45, 2.75) is 30.7 Å². The maximum atomic E-state index is 11.6. The van der Waals surface area contributed by atoms with Crippen molar-refractivity contribution in [3.8, 4) is 0 Å². The Bertz CT molecular complexity index is 700. The number of aromatic amines is 1. The molecule has 0 spiro atoms. The van der Waals surface area contributed by atoms with Crippen molar-refractivity contribution in [1.82, 2.24) is 9.97 Å². The highest BCUT2D eigenvalue weighted by atomic mass is 32.2. The van der Waals surface area contributed by atoms with E-state index in [1.54, 1.807) is 18.2 Å². The van der Waals surface area contributed by atoms with Gasteiger partial charge in [-0.1, -0.05) is 43.3 Å². The van der Waals surface area contributed by atoms with E-state index in [2.05, 4.69) is 9.97 Å². The van der Waals surface area contributed by atoms with E-state index in [9.17, 15) is 14.9 Å². The molecule has 0 unspecified atom stereocenters. The maximum absolute atomic E-state index is 11.6. The number of hydrogen-bond donors (Lipinski definition) is 1. The summed E-state index contributed by atoms with van der Waals surface area (Å²) in [7, 11) is 0. The van der Waals surface area contributed by atoms with Crippen LogP contribution in [0, 0.1) is 10.1 Å². The second kappa shape index (κ2) is 7.03. The van der Waals surface area contributed by atoms with Gasteiger partial charge in [0, 0.05) is 29.1 Å². The van der Waals surface area contributed by atoms with E-state index < -0.39 is 4.92 Å². The van der Waals surface area contributed by atoms with Gasteiger partial charge in [0.25, 0.3) is 11.2 Å². The summed E-state index contributed by atoms with van der Waals surface area (Å²) in [6.07, 6.45) is 1.65. The molecule has 1 aromatic carbocycles. The predicted octanol–water partition coefficient (Wildman–Crippen LogP) is 2.92. The van der Waals surface area contributed by atoms with Gasteiger partial charge in [-0.05, 0) is 6.42 Å². The first-order valence-corrected chi connectivity index (χ1v) is 7.54. The van der Waals surface area contributed by atoms with Crippen LogP contribution >= 0.6 is 11.8 Å². The molecule has 0 saturated heterocycles. The highest BCUT2D eigenvalue weighted by molar-refractivity contribution is 7.98. The first kappa shape index (κ1) is 15.2. The lowest BCUT2D eigenvalue weighted by Crippen LogP contribution is -2.10. The molecule has 1 N–H and O–H groups in total. The van der Waals surface area contributed by atoms with Crippen LogP contribution in [-0.2, 0) is 12.2 Å². The molecule has 0 aliphatic rings. The molecule has 2 rings (SSSR count). The normalized spacial score (nSPS) is 10.5. The molecule has 0 radical (unpaired) electrons. The molecule has 1 heterocycles. The lowest BCUT2D eigenvalue weighted by Gasteiger charge is -2.04. The molecule has 0 fully saturated rings. The number of benzene rings is 1. The van der Waals surface area contributed by atoms with Gasteiger partial charge in [0.1, 0.15) is 0 Å². The van der Waals surface area contributed by atoms with Gasteiger partial charge in [-0.25, -0.2) is 4.98 Å². The first-order valence-electron chi connectivity index (χ1n) is 6.55. The molecular weight excluding hydrogens is 290 g/mol. The smallest absolute Gasteiger partial charge is 0.273 e. The van der Waals surface area contributed by atoms with E-state index in [1.807, 2.05) is 6.92 Å². The second-order valence-electron chi connectivity index (χ2n) is 4.47. The number of H-pyrrole nitrogens is 1. The second-order valence-corrected chi connectivity index (χ2v) is 5.43. The first-order chi connectivity index (χ1) is 10.1. The van der Waals surface area contributed by atoms with Gasteiger partial charge in [-0.3, -0.25) is 14.9 Å². The summed E-state index contributed by atoms with van der Waals surface area (Å²) in [4.78, 5) is 29.1. The number of hydrogen-bond acceptors (Lipinski definition) is 5. The number of aromatic nitrogens is 2. The summed E-state index contributed by atoms with van der Waals surface area (Å²) in [6.45, 7) is 2.02. The minimum Gasteiger partial charge on any atom is -0.301 e. The van der Waals surface area contributed by atoms with Crippen LogP contribution in [0.1, 0.15) is 24.6 Å². The summed E-state index contributed by atoms with van der Waals surface area (Å²) >= 11 is 1.29. The van der Waals surface area contributed by atoms with Crippen LogP contribution in [0.25, 0.3) is 0 Å². The van der Waals surface area contributed by atoms with E-state index in [0.717, 1.165) is 18.5 Å². The molecule has 0 aliphatic carbocycles. The van der Waals surface area contributed by atoms with Crippen LogP contribution in [0.15, 0.2) is 40.3 Å². The van der Waals surface area contributed by atoms with Crippen LogP contribution < -0.4 is 5.56 Å². The molecule has 0 saturated carbocycles. The highest BCUT2D eigenvalue weighted by Gasteiger charge is 2.13. The zero-order valence-electron chi connectivity index (χ0n) is 11.5. The number of nitrogens with zero attached hydrogens (tertiary/aromatic N) is 2. The van der Waals surface area contributed by atoms with Gasteiger partial charge < -0.3 is 4.98 Å². The minimum atomic E-state index is -0.403. The van der Waals surface area contributed by atoms with Crippen molar-refractivity contribution in [3.05, 3.63) is 62.1 Å². The fourth-order valence-corrected chi connectivity index (χ4v) is 2.78. The molecule has 21 heavy (non-hydrogen) atoms. The summed E-state index contributed by atoms with van der Waals surface area (Å²) < 4.78 is 0. The largest absolute Gasteiger partial charge is 0.301 e. The molecule has 2 aromatic rings. The van der Waals surface area contributed by atoms with E-state index in [4.69, 9.17) is 0 Å². The molecule has 110 valence electrons. The van der Waals surface area contributed by atoms with Crippen molar-refractivity contribution >= 4 is 17.4 Å². The fourth-order valence-electron chi connectivity index (χ4n) is 1.89. The molecule has 1 aromatic heterocycles. The Kier molecular flexibility index (Phi) is 5.10. The Hall–Kier alpha value is -2.15. The van der Waals surface area contributed by atoms with Gasteiger partial charge >= 0.3 is 0 Å². The summed E-state index contributed by atoms with van der Waals surface area (Å²) in [6, 6.07) is 8.05. The minimum absolute atomic E-state index is 0.0806. The third kappa shape index (κ3) is 4.16. The third-order valence-corrected chi connectivity index (χ3v) is 3.75. The topological polar surface area (TPSA) is 88.9 Å². The molecular formula is C14H15N3O3S. The number of nitro groups is 1. The van der Waals surface area contributed by atoms with Gasteiger partial charge in [0.2, 0.25) is 0 Å². The van der Waals surface area contributed by atoms with Crippen molar-refractivity contribution in [2.24, 2.45) is 0 Å². The van der Waals surface area contributed by atoms with Crippen molar-refractivity contribution in [1.29, 1.82) is 0 Å². The fraction of sp³-hybridized carbons (Fsp3) is 0.286. The maximum Gasteiger partial charge on any atom is 0.273 e. The third-order valence-electron chi connectivity index (χ3n) is 2.83. The van der Waals surface area contributed by atoms with E-state index in [1.165, 1.54) is 23.9 Å². The van der Waals surface area contributed by atoms with Gasteiger partial charge in [-0.2, -0.15) is 0 Å². The standard InChI is InChI=1S/C14H15N3O3S/c1-2-5-11-8-13(18)16-14(15-11)21-9-10-6-3-4-7-12(10)17(19)20/h3-4,6-8H,2,5,9H2,1H3,(H,15,16,18). The Labute approximate surface area is 125 Å². The van der Waals surface area contributed by atoms with Crippen molar-refractivity contribution in [3.63, 3.8) is 0 Å². The number of para-hydroxylation sites is 1. The molecule has 7 heteroatoms. The molecule has 0 aliphatic heterocycles. The predicted molar refractivity (Wildman–Crippen MR) is 81.5 cm³/mol. The highest BCUT2D eigenvalue weighted by Crippen LogP contribution is 2.25. The number of thioether (sulfide) groups is 1. The average Bonchev–Trinajstić information content (AvgIpc) is 2.45. The summed E-state index contributed by atoms with van der Waals surface area (Å²) in [5, 5.41) is 11.4. The van der Waals surface area contributed by atoms with E-state index in [-0.39, 0.29) is 11.2 Å². The number of aryl methyl sites for hydroxylation is 1. The van der Waals surface area contributed by atoms with Crippen LogP contribution in [0.2, 0.25) is 0 Å². The molecule has 0 atom stereocenters. The number of rotatable bonds is 6. The average molecular weight is 305 g/mol. The van der Waals surface area contributed by atoms with Gasteiger partial charge in [-0.15, -0.1) is 0 Å². The Morgan fingerprint density at radius 1 is 1.38 bits per heavy atom. The molecule has 0 amide bonds. The van der Waals surface area contributed by atoms with Gasteiger partial charge in [0.05, 0.1) is 4.92 Å².